The average molecular weight is 467 g/mol. The van der Waals surface area contributed by atoms with E-state index in [-0.39, 0.29) is 23.8 Å². The highest BCUT2D eigenvalue weighted by Crippen LogP contribution is 2.28. The number of benzene rings is 1. The van der Waals surface area contributed by atoms with Gasteiger partial charge >= 0.3 is 0 Å². The van der Waals surface area contributed by atoms with Gasteiger partial charge in [-0.05, 0) is 37.0 Å². The molecule has 2 rings (SSSR count). The molecular formula is C23H32Cl2N4O2. The normalized spacial score (nSPS) is 11.8. The summed E-state index contributed by atoms with van der Waals surface area (Å²) in [6.07, 6.45) is 0. The third-order valence-electron chi connectivity index (χ3n) is 4.97. The van der Waals surface area contributed by atoms with Gasteiger partial charge in [0.1, 0.15) is 5.82 Å². The summed E-state index contributed by atoms with van der Waals surface area (Å²) in [6, 6.07) is 7.85. The van der Waals surface area contributed by atoms with Crippen LogP contribution in [0.5, 0.6) is 0 Å². The van der Waals surface area contributed by atoms with Crippen molar-refractivity contribution < 1.29 is 9.59 Å². The molecule has 1 N–H and O–H groups in total. The number of rotatable bonds is 7. The number of carbonyl (C=O) groups is 2. The first-order valence-corrected chi connectivity index (χ1v) is 11.2. The Morgan fingerprint density at radius 1 is 1.19 bits per heavy atom. The molecular weight excluding hydrogens is 435 g/mol. The number of carbonyl (C=O) groups excluding carboxylic acids is 2. The molecule has 0 saturated carbocycles. The zero-order valence-corrected chi connectivity index (χ0v) is 20.8. The van der Waals surface area contributed by atoms with E-state index >= 15 is 0 Å². The monoisotopic (exact) mass is 466 g/mol. The Bertz CT molecular complexity index is 946. The van der Waals surface area contributed by atoms with E-state index in [9.17, 15) is 9.59 Å². The molecule has 0 spiro atoms. The molecule has 0 fully saturated rings. The molecule has 0 saturated heterocycles. The summed E-state index contributed by atoms with van der Waals surface area (Å²) in [6.45, 7) is 14.4. The lowest BCUT2D eigenvalue weighted by Gasteiger charge is -2.24. The number of aromatic nitrogens is 2. The van der Waals surface area contributed by atoms with Crippen LogP contribution in [0.25, 0.3) is 5.69 Å². The first kappa shape index (κ1) is 25.2. The van der Waals surface area contributed by atoms with Crippen molar-refractivity contribution in [3.63, 3.8) is 0 Å². The maximum atomic E-state index is 12.9. The molecule has 170 valence electrons. The molecule has 1 aromatic carbocycles. The van der Waals surface area contributed by atoms with Crippen molar-refractivity contribution in [2.24, 2.45) is 5.92 Å². The van der Waals surface area contributed by atoms with Gasteiger partial charge in [0.2, 0.25) is 5.91 Å². The van der Waals surface area contributed by atoms with Crippen molar-refractivity contribution in [3.8, 4) is 5.69 Å². The van der Waals surface area contributed by atoms with Crippen LogP contribution in [0, 0.1) is 19.8 Å². The Balaban J connectivity index is 2.38. The number of amides is 2. The lowest BCUT2D eigenvalue weighted by Crippen LogP contribution is -2.42. The molecule has 6 nitrogen and oxygen atoms in total. The van der Waals surface area contributed by atoms with Gasteiger partial charge in [0, 0.05) is 18.0 Å². The van der Waals surface area contributed by atoms with Crippen LogP contribution < -0.4 is 5.32 Å². The largest absolute Gasteiger partial charge is 0.331 e. The van der Waals surface area contributed by atoms with Crippen LogP contribution in [-0.4, -0.2) is 44.4 Å². The van der Waals surface area contributed by atoms with Crippen LogP contribution in [0.15, 0.2) is 24.3 Å². The second-order valence-corrected chi connectivity index (χ2v) is 10.4. The van der Waals surface area contributed by atoms with Gasteiger partial charge in [-0.15, -0.1) is 0 Å². The molecule has 0 aliphatic heterocycles. The molecule has 2 aromatic rings. The zero-order valence-electron chi connectivity index (χ0n) is 19.3. The minimum Gasteiger partial charge on any atom is -0.331 e. The second-order valence-electron chi connectivity index (χ2n) is 9.26. The molecule has 8 heteroatoms. The summed E-state index contributed by atoms with van der Waals surface area (Å²) in [7, 11) is 0. The number of hydrogen-bond donors (Lipinski definition) is 1. The highest BCUT2D eigenvalue weighted by Gasteiger charge is 2.26. The van der Waals surface area contributed by atoms with Gasteiger partial charge in [0.25, 0.3) is 5.91 Å². The second kappa shape index (κ2) is 10.0. The van der Waals surface area contributed by atoms with E-state index in [1.807, 2.05) is 52.0 Å². The molecule has 2 amide bonds. The highest BCUT2D eigenvalue weighted by molar-refractivity contribution is 6.53. The quantitative estimate of drug-likeness (QED) is 0.582. The van der Waals surface area contributed by atoms with Crippen molar-refractivity contribution in [2.45, 2.75) is 58.7 Å². The topological polar surface area (TPSA) is 67.2 Å². The molecule has 31 heavy (non-hydrogen) atoms. The Labute approximate surface area is 194 Å². The summed E-state index contributed by atoms with van der Waals surface area (Å²) in [5, 5.41) is 7.70. The Kier molecular flexibility index (Phi) is 8.17. The molecule has 0 bridgehead atoms. The van der Waals surface area contributed by atoms with Gasteiger partial charge in [-0.2, -0.15) is 5.10 Å². The van der Waals surface area contributed by atoms with Gasteiger partial charge in [-0.25, -0.2) is 4.68 Å². The van der Waals surface area contributed by atoms with Gasteiger partial charge in [-0.3, -0.25) is 9.59 Å². The number of nitrogens with zero attached hydrogens (tertiary/aromatic N) is 3. The van der Waals surface area contributed by atoms with Crippen LogP contribution >= 0.6 is 23.2 Å². The lowest BCUT2D eigenvalue weighted by atomic mass is 9.92. The maximum absolute atomic E-state index is 12.9. The summed E-state index contributed by atoms with van der Waals surface area (Å²) >= 11 is 11.5. The fourth-order valence-corrected chi connectivity index (χ4v) is 3.43. The SMILES string of the molecule is Cc1cccc(-n2nc(C(C)(C)C)cc2NC(=O)CN(CC(C)C)C(=O)C(Cl)Cl)c1C. The highest BCUT2D eigenvalue weighted by atomic mass is 35.5. The summed E-state index contributed by atoms with van der Waals surface area (Å²) in [4.78, 5) is 25.4. The van der Waals surface area contributed by atoms with Gasteiger partial charge in [0.15, 0.2) is 4.84 Å². The van der Waals surface area contributed by atoms with E-state index < -0.39 is 10.7 Å². The van der Waals surface area contributed by atoms with Crippen LogP contribution in [0.2, 0.25) is 0 Å². The molecule has 1 heterocycles. The Morgan fingerprint density at radius 3 is 2.39 bits per heavy atom. The number of nitrogens with one attached hydrogen (secondary N) is 1. The molecule has 0 unspecified atom stereocenters. The Morgan fingerprint density at radius 2 is 1.84 bits per heavy atom. The molecule has 0 radical (unpaired) electrons. The van der Waals surface area contributed by atoms with Crippen molar-refractivity contribution in [2.75, 3.05) is 18.4 Å². The molecule has 0 aliphatic rings. The number of aryl methyl sites for hydroxylation is 1. The summed E-state index contributed by atoms with van der Waals surface area (Å²) in [5.41, 5.74) is 3.74. The standard InChI is InChI=1S/C23H32Cl2N4O2/c1-14(2)12-28(22(31)21(24)25)13-20(30)26-19-11-18(23(5,6)7)27-29(19)17-10-8-9-15(3)16(17)4/h8-11,14,21H,12-13H2,1-7H3,(H,26,30). The van der Waals surface area contributed by atoms with Crippen molar-refractivity contribution in [3.05, 3.63) is 41.1 Å². The van der Waals surface area contributed by atoms with Gasteiger partial charge < -0.3 is 10.2 Å². The fourth-order valence-electron chi connectivity index (χ4n) is 3.15. The number of alkyl halides is 2. The Hall–Kier alpha value is -2.05. The van der Waals surface area contributed by atoms with Crippen LogP contribution in [-0.2, 0) is 15.0 Å². The third kappa shape index (κ3) is 6.47. The lowest BCUT2D eigenvalue weighted by molar-refractivity contribution is -0.133. The zero-order chi connectivity index (χ0) is 23.5. The van der Waals surface area contributed by atoms with Crippen LogP contribution in [0.4, 0.5) is 5.82 Å². The third-order valence-corrected chi connectivity index (χ3v) is 5.34. The van der Waals surface area contributed by atoms with Gasteiger partial charge in [-0.1, -0.05) is 70.0 Å². The smallest absolute Gasteiger partial charge is 0.256 e. The molecule has 0 atom stereocenters. The number of halogens is 2. The molecule has 1 aromatic heterocycles. The van der Waals surface area contributed by atoms with Crippen LogP contribution in [0.3, 0.4) is 0 Å². The van der Waals surface area contributed by atoms with E-state index in [1.165, 1.54) is 4.90 Å². The summed E-state index contributed by atoms with van der Waals surface area (Å²) < 4.78 is 1.75. The van der Waals surface area contributed by atoms with E-state index in [4.69, 9.17) is 28.3 Å². The van der Waals surface area contributed by atoms with Gasteiger partial charge in [0.05, 0.1) is 17.9 Å². The van der Waals surface area contributed by atoms with Crippen LogP contribution in [0.1, 0.15) is 51.4 Å². The number of anilines is 1. The van der Waals surface area contributed by atoms with E-state index in [0.29, 0.717) is 12.4 Å². The number of hydrogen-bond acceptors (Lipinski definition) is 3. The van der Waals surface area contributed by atoms with Crippen molar-refractivity contribution in [1.82, 2.24) is 14.7 Å². The van der Waals surface area contributed by atoms with E-state index in [1.54, 1.807) is 4.68 Å². The van der Waals surface area contributed by atoms with E-state index in [2.05, 4.69) is 26.1 Å². The minimum absolute atomic E-state index is 0.143. The van der Waals surface area contributed by atoms with Crippen molar-refractivity contribution in [1.29, 1.82) is 0 Å². The predicted octanol–water partition coefficient (Wildman–Crippen LogP) is 5.01. The minimum atomic E-state index is -1.21. The first-order valence-electron chi connectivity index (χ1n) is 10.3. The predicted molar refractivity (Wildman–Crippen MR) is 127 cm³/mol. The average Bonchev–Trinajstić information content (AvgIpc) is 3.06. The summed E-state index contributed by atoms with van der Waals surface area (Å²) in [5.74, 6) is -0.105. The fraction of sp³-hybridized carbons (Fsp3) is 0.522. The van der Waals surface area contributed by atoms with Crippen molar-refractivity contribution >= 4 is 40.8 Å². The first-order chi connectivity index (χ1) is 14.3. The maximum Gasteiger partial charge on any atom is 0.256 e. The van der Waals surface area contributed by atoms with E-state index in [0.717, 1.165) is 22.5 Å². The molecule has 0 aliphatic carbocycles.